The lowest BCUT2D eigenvalue weighted by Gasteiger charge is -2.12. The van der Waals surface area contributed by atoms with Crippen molar-refractivity contribution >= 4 is 21.7 Å². The van der Waals surface area contributed by atoms with E-state index in [1.54, 1.807) is 12.1 Å². The molecule has 0 heterocycles. The van der Waals surface area contributed by atoms with E-state index in [4.69, 9.17) is 9.47 Å². The average Bonchev–Trinajstić information content (AvgIpc) is 2.24. The summed E-state index contributed by atoms with van der Waals surface area (Å²) < 4.78 is 23.6. The van der Waals surface area contributed by atoms with Crippen LogP contribution in [0.5, 0.6) is 0 Å². The number of carbonyl (C=O) groups excluding carboxylic acids is 1. The van der Waals surface area contributed by atoms with Crippen LogP contribution in [0.1, 0.15) is 5.56 Å². The second-order valence-corrected chi connectivity index (χ2v) is 4.10. The van der Waals surface area contributed by atoms with Gasteiger partial charge < -0.3 is 9.47 Å². The molecular weight excluding hydrogens is 279 g/mol. The Balaban J connectivity index is 2.76. The predicted molar refractivity (Wildman–Crippen MR) is 60.6 cm³/mol. The van der Waals surface area contributed by atoms with Crippen LogP contribution in [0, 0.1) is 5.82 Å². The van der Waals surface area contributed by atoms with E-state index in [1.807, 2.05) is 0 Å². The first-order chi connectivity index (χ1) is 7.58. The van der Waals surface area contributed by atoms with E-state index < -0.39 is 12.1 Å². The second kappa shape index (κ2) is 6.08. The van der Waals surface area contributed by atoms with Gasteiger partial charge in [-0.3, -0.25) is 4.79 Å². The Labute approximate surface area is 102 Å². The van der Waals surface area contributed by atoms with Gasteiger partial charge in [0.2, 0.25) is 6.29 Å². The van der Waals surface area contributed by atoms with Crippen molar-refractivity contribution in [3.63, 3.8) is 0 Å². The van der Waals surface area contributed by atoms with Gasteiger partial charge in [0.25, 0.3) is 0 Å². The lowest BCUT2D eigenvalue weighted by atomic mass is 10.1. The number of rotatable bonds is 5. The lowest BCUT2D eigenvalue weighted by molar-refractivity contribution is -0.155. The maximum Gasteiger partial charge on any atom is 0.217 e. The van der Waals surface area contributed by atoms with Crippen molar-refractivity contribution in [2.75, 3.05) is 14.2 Å². The molecule has 0 bridgehead atoms. The minimum absolute atomic E-state index is 0.0501. The molecule has 1 rings (SSSR count). The fourth-order valence-corrected chi connectivity index (χ4v) is 1.63. The first-order valence-electron chi connectivity index (χ1n) is 4.60. The summed E-state index contributed by atoms with van der Waals surface area (Å²) in [7, 11) is 2.73. The molecule has 5 heteroatoms. The van der Waals surface area contributed by atoms with E-state index in [1.165, 1.54) is 20.3 Å². The number of hydrogen-bond acceptors (Lipinski definition) is 3. The highest BCUT2D eigenvalue weighted by Gasteiger charge is 2.18. The van der Waals surface area contributed by atoms with Crippen molar-refractivity contribution in [1.82, 2.24) is 0 Å². The van der Waals surface area contributed by atoms with Crippen LogP contribution in [-0.4, -0.2) is 26.3 Å². The van der Waals surface area contributed by atoms with Gasteiger partial charge in [-0.2, -0.15) is 0 Å². The Morgan fingerprint density at radius 1 is 1.44 bits per heavy atom. The van der Waals surface area contributed by atoms with Crippen LogP contribution in [-0.2, 0) is 20.7 Å². The van der Waals surface area contributed by atoms with Gasteiger partial charge >= 0.3 is 0 Å². The zero-order chi connectivity index (χ0) is 12.1. The van der Waals surface area contributed by atoms with Crippen molar-refractivity contribution in [3.8, 4) is 0 Å². The molecule has 0 radical (unpaired) electrons. The number of Topliss-reactive ketones (excluding diaryl/α,β-unsaturated/α-hetero) is 1. The summed E-state index contributed by atoms with van der Waals surface area (Å²) in [6.45, 7) is 0. The first-order valence-corrected chi connectivity index (χ1v) is 5.40. The second-order valence-electron chi connectivity index (χ2n) is 3.18. The Morgan fingerprint density at radius 2 is 2.06 bits per heavy atom. The monoisotopic (exact) mass is 290 g/mol. The maximum absolute atomic E-state index is 13.4. The van der Waals surface area contributed by atoms with Gasteiger partial charge in [0.1, 0.15) is 5.82 Å². The van der Waals surface area contributed by atoms with Gasteiger partial charge in [-0.05, 0) is 17.7 Å². The van der Waals surface area contributed by atoms with Gasteiger partial charge in [-0.15, -0.1) is 0 Å². The summed E-state index contributed by atoms with van der Waals surface area (Å²) in [4.78, 5) is 11.6. The fourth-order valence-electron chi connectivity index (χ4n) is 1.30. The zero-order valence-electron chi connectivity index (χ0n) is 9.00. The van der Waals surface area contributed by atoms with E-state index in [-0.39, 0.29) is 12.2 Å². The van der Waals surface area contributed by atoms with E-state index in [0.717, 1.165) is 0 Å². The van der Waals surface area contributed by atoms with E-state index in [0.29, 0.717) is 10.0 Å². The Morgan fingerprint density at radius 3 is 2.56 bits per heavy atom. The zero-order valence-corrected chi connectivity index (χ0v) is 10.6. The topological polar surface area (TPSA) is 35.5 Å². The third-order valence-corrected chi connectivity index (χ3v) is 2.56. The Hall–Kier alpha value is -0.780. The predicted octanol–water partition coefficient (Wildman–Crippen LogP) is 2.32. The lowest BCUT2D eigenvalue weighted by Crippen LogP contribution is -2.26. The molecule has 0 saturated heterocycles. The van der Waals surface area contributed by atoms with Crippen LogP contribution < -0.4 is 0 Å². The standard InChI is InChI=1S/C11H12BrFO3/c1-15-11(16-2)10(14)5-7-3-4-8(12)6-9(7)13/h3-4,6,11H,5H2,1-2H3. The fraction of sp³-hybridized carbons (Fsp3) is 0.364. The molecule has 1 aromatic carbocycles. The Kier molecular flexibility index (Phi) is 5.05. The van der Waals surface area contributed by atoms with Crippen molar-refractivity contribution in [3.05, 3.63) is 34.1 Å². The number of carbonyl (C=O) groups is 1. The van der Waals surface area contributed by atoms with Crippen LogP contribution >= 0.6 is 15.9 Å². The van der Waals surface area contributed by atoms with Crippen LogP contribution in [0.15, 0.2) is 22.7 Å². The van der Waals surface area contributed by atoms with Crippen LogP contribution in [0.25, 0.3) is 0 Å². The van der Waals surface area contributed by atoms with E-state index >= 15 is 0 Å². The summed E-state index contributed by atoms with van der Waals surface area (Å²) in [5.41, 5.74) is 0.326. The molecule has 3 nitrogen and oxygen atoms in total. The SMILES string of the molecule is COC(OC)C(=O)Cc1ccc(Br)cc1F. The molecule has 0 saturated carbocycles. The van der Waals surface area contributed by atoms with Crippen LogP contribution in [0.2, 0.25) is 0 Å². The number of ether oxygens (including phenoxy) is 2. The number of benzene rings is 1. The van der Waals surface area contributed by atoms with E-state index in [9.17, 15) is 9.18 Å². The molecule has 0 amide bonds. The summed E-state index contributed by atoms with van der Waals surface area (Å²) in [5, 5.41) is 0. The molecule has 1 aromatic rings. The number of methoxy groups -OCH3 is 2. The van der Waals surface area contributed by atoms with Gasteiger partial charge in [0, 0.05) is 25.1 Å². The summed E-state index contributed by atoms with van der Waals surface area (Å²) in [6, 6.07) is 4.55. The van der Waals surface area contributed by atoms with Crippen LogP contribution in [0.4, 0.5) is 4.39 Å². The van der Waals surface area contributed by atoms with Gasteiger partial charge in [-0.1, -0.05) is 22.0 Å². The number of hydrogen-bond donors (Lipinski definition) is 0. The quantitative estimate of drug-likeness (QED) is 0.781. The van der Waals surface area contributed by atoms with Crippen LogP contribution in [0.3, 0.4) is 0 Å². The van der Waals surface area contributed by atoms with Crippen molar-refractivity contribution in [2.45, 2.75) is 12.7 Å². The number of ketones is 1. The number of halogens is 2. The summed E-state index contributed by atoms with van der Waals surface area (Å²) >= 11 is 3.14. The molecule has 0 fully saturated rings. The maximum atomic E-state index is 13.4. The minimum atomic E-state index is -0.942. The molecule has 0 aliphatic heterocycles. The molecule has 0 aliphatic rings. The molecule has 88 valence electrons. The first kappa shape index (κ1) is 13.3. The molecule has 0 unspecified atom stereocenters. The third-order valence-electron chi connectivity index (χ3n) is 2.07. The van der Waals surface area contributed by atoms with Gasteiger partial charge in [0.05, 0.1) is 0 Å². The van der Waals surface area contributed by atoms with Crippen molar-refractivity contribution in [2.24, 2.45) is 0 Å². The highest BCUT2D eigenvalue weighted by molar-refractivity contribution is 9.10. The van der Waals surface area contributed by atoms with E-state index in [2.05, 4.69) is 15.9 Å². The largest absolute Gasteiger partial charge is 0.349 e. The molecule has 0 aromatic heterocycles. The molecule has 0 atom stereocenters. The van der Waals surface area contributed by atoms with Gasteiger partial charge in [-0.25, -0.2) is 4.39 Å². The normalized spacial score (nSPS) is 10.8. The average molecular weight is 291 g/mol. The minimum Gasteiger partial charge on any atom is -0.349 e. The summed E-state index contributed by atoms with van der Waals surface area (Å²) in [5.74, 6) is -0.736. The third kappa shape index (κ3) is 3.37. The molecule has 0 aliphatic carbocycles. The Bertz CT molecular complexity index is 377. The molecule has 16 heavy (non-hydrogen) atoms. The molecular formula is C11H12BrFO3. The molecule has 0 N–H and O–H groups in total. The van der Waals surface area contributed by atoms with Crippen molar-refractivity contribution < 1.29 is 18.7 Å². The van der Waals surface area contributed by atoms with Crippen molar-refractivity contribution in [1.29, 1.82) is 0 Å². The highest BCUT2D eigenvalue weighted by Crippen LogP contribution is 2.16. The smallest absolute Gasteiger partial charge is 0.217 e. The highest BCUT2D eigenvalue weighted by atomic mass is 79.9. The van der Waals surface area contributed by atoms with Gasteiger partial charge in [0.15, 0.2) is 5.78 Å². The molecule has 0 spiro atoms. The summed E-state index contributed by atoms with van der Waals surface area (Å²) in [6.07, 6.45) is -0.992.